The predicted molar refractivity (Wildman–Crippen MR) is 97.4 cm³/mol. The van der Waals surface area contributed by atoms with Crippen molar-refractivity contribution in [1.82, 2.24) is 0 Å². The van der Waals surface area contributed by atoms with Crippen LogP contribution in [0.2, 0.25) is 0 Å². The summed E-state index contributed by atoms with van der Waals surface area (Å²) in [6.07, 6.45) is 1.38. The SMILES string of the molecule is COc1cccc(/C=C(\C#N)C(=O)OCC(=O)Nc2cccc(C)c2)c1. The molecule has 0 saturated carbocycles. The fraction of sp³-hybridized carbons (Fsp3) is 0.150. The Balaban J connectivity index is 1.97. The van der Waals surface area contributed by atoms with Crippen molar-refractivity contribution in [3.05, 3.63) is 65.2 Å². The minimum absolute atomic E-state index is 0.207. The number of nitrogens with zero attached hydrogens (tertiary/aromatic N) is 1. The van der Waals surface area contributed by atoms with Gasteiger partial charge < -0.3 is 14.8 Å². The van der Waals surface area contributed by atoms with Gasteiger partial charge in [0, 0.05) is 5.69 Å². The number of aryl methyl sites for hydroxylation is 1. The number of carbonyl (C=O) groups excluding carboxylic acids is 2. The number of nitrogens with one attached hydrogen (secondary N) is 1. The first kappa shape index (κ1) is 18.7. The van der Waals surface area contributed by atoms with Crippen LogP contribution < -0.4 is 10.1 Å². The molecule has 132 valence electrons. The zero-order chi connectivity index (χ0) is 18.9. The van der Waals surface area contributed by atoms with Crippen molar-refractivity contribution in [2.45, 2.75) is 6.92 Å². The van der Waals surface area contributed by atoms with Crippen molar-refractivity contribution in [2.75, 3.05) is 19.0 Å². The molecule has 26 heavy (non-hydrogen) atoms. The summed E-state index contributed by atoms with van der Waals surface area (Å²) in [5.41, 5.74) is 2.01. The van der Waals surface area contributed by atoms with E-state index in [0.717, 1.165) is 5.56 Å². The van der Waals surface area contributed by atoms with E-state index in [9.17, 15) is 9.59 Å². The van der Waals surface area contributed by atoms with Crippen LogP contribution in [-0.2, 0) is 14.3 Å². The maximum absolute atomic E-state index is 12.0. The highest BCUT2D eigenvalue weighted by Crippen LogP contribution is 2.16. The van der Waals surface area contributed by atoms with E-state index in [-0.39, 0.29) is 5.57 Å². The summed E-state index contributed by atoms with van der Waals surface area (Å²) in [4.78, 5) is 23.9. The number of nitriles is 1. The Hall–Kier alpha value is -3.59. The van der Waals surface area contributed by atoms with Gasteiger partial charge in [0.2, 0.25) is 0 Å². The normalized spacial score (nSPS) is 10.6. The van der Waals surface area contributed by atoms with Crippen LogP contribution in [0.4, 0.5) is 5.69 Å². The highest BCUT2D eigenvalue weighted by molar-refractivity contribution is 6.00. The van der Waals surface area contributed by atoms with Crippen molar-refractivity contribution in [1.29, 1.82) is 5.26 Å². The minimum atomic E-state index is -0.866. The summed E-state index contributed by atoms with van der Waals surface area (Å²) < 4.78 is 10.0. The molecule has 2 aromatic carbocycles. The van der Waals surface area contributed by atoms with E-state index < -0.39 is 18.5 Å². The summed E-state index contributed by atoms with van der Waals surface area (Å²) in [6.45, 7) is 1.42. The Morgan fingerprint density at radius 2 is 1.96 bits per heavy atom. The molecule has 0 unspecified atom stereocenters. The molecule has 0 aromatic heterocycles. The van der Waals surface area contributed by atoms with Gasteiger partial charge in [0.05, 0.1) is 7.11 Å². The smallest absolute Gasteiger partial charge is 0.349 e. The molecule has 0 spiro atoms. The molecule has 6 nitrogen and oxygen atoms in total. The molecule has 0 atom stereocenters. The van der Waals surface area contributed by atoms with Crippen LogP contribution in [0.1, 0.15) is 11.1 Å². The topological polar surface area (TPSA) is 88.4 Å². The van der Waals surface area contributed by atoms with Gasteiger partial charge in [-0.05, 0) is 48.4 Å². The van der Waals surface area contributed by atoms with Crippen LogP contribution in [-0.4, -0.2) is 25.6 Å². The van der Waals surface area contributed by atoms with Crippen molar-refractivity contribution in [3.8, 4) is 11.8 Å². The number of esters is 1. The number of carbonyl (C=O) groups is 2. The van der Waals surface area contributed by atoms with Crippen LogP contribution in [0.15, 0.2) is 54.1 Å². The lowest BCUT2D eigenvalue weighted by atomic mass is 10.1. The molecule has 1 N–H and O–H groups in total. The molecule has 0 fully saturated rings. The monoisotopic (exact) mass is 350 g/mol. The molecule has 2 rings (SSSR count). The van der Waals surface area contributed by atoms with Gasteiger partial charge in [-0.1, -0.05) is 24.3 Å². The number of hydrogen-bond donors (Lipinski definition) is 1. The standard InChI is InChI=1S/C20H18N2O4/c1-14-5-3-7-17(9-14)22-19(23)13-26-20(24)16(12-21)10-15-6-4-8-18(11-15)25-2/h3-11H,13H2,1-2H3,(H,22,23)/b16-10+. The number of anilines is 1. The third-order valence-corrected chi connectivity index (χ3v) is 3.38. The van der Waals surface area contributed by atoms with Gasteiger partial charge in [-0.3, -0.25) is 4.79 Å². The minimum Gasteiger partial charge on any atom is -0.497 e. The third-order valence-electron chi connectivity index (χ3n) is 3.38. The highest BCUT2D eigenvalue weighted by Gasteiger charge is 2.13. The van der Waals surface area contributed by atoms with Gasteiger partial charge in [0.25, 0.3) is 5.91 Å². The quantitative estimate of drug-likeness (QED) is 0.491. The van der Waals surface area contributed by atoms with Gasteiger partial charge in [-0.15, -0.1) is 0 Å². The maximum Gasteiger partial charge on any atom is 0.349 e. The summed E-state index contributed by atoms with van der Waals surface area (Å²) in [5.74, 6) is -0.751. The second kappa shape index (κ2) is 9.04. The Bertz CT molecular complexity index is 881. The van der Waals surface area contributed by atoms with E-state index >= 15 is 0 Å². The molecule has 1 amide bonds. The largest absolute Gasteiger partial charge is 0.497 e. The number of ether oxygens (including phenoxy) is 2. The summed E-state index contributed by atoms with van der Waals surface area (Å²) in [5, 5.41) is 11.8. The average molecular weight is 350 g/mol. The van der Waals surface area contributed by atoms with Crippen molar-refractivity contribution < 1.29 is 19.1 Å². The zero-order valence-electron chi connectivity index (χ0n) is 14.5. The number of methoxy groups -OCH3 is 1. The van der Waals surface area contributed by atoms with Crippen molar-refractivity contribution in [2.24, 2.45) is 0 Å². The average Bonchev–Trinajstić information content (AvgIpc) is 2.64. The molecular formula is C20H18N2O4. The Labute approximate surface area is 151 Å². The van der Waals surface area contributed by atoms with E-state index in [1.165, 1.54) is 13.2 Å². The Morgan fingerprint density at radius 3 is 2.65 bits per heavy atom. The fourth-order valence-corrected chi connectivity index (χ4v) is 2.16. The van der Waals surface area contributed by atoms with E-state index in [2.05, 4.69) is 5.32 Å². The first-order valence-electron chi connectivity index (χ1n) is 7.81. The lowest BCUT2D eigenvalue weighted by Gasteiger charge is -2.07. The van der Waals surface area contributed by atoms with Crippen molar-refractivity contribution >= 4 is 23.6 Å². The van der Waals surface area contributed by atoms with Crippen LogP contribution in [0.3, 0.4) is 0 Å². The van der Waals surface area contributed by atoms with E-state index in [4.69, 9.17) is 14.7 Å². The Kier molecular flexibility index (Phi) is 6.52. The molecule has 0 heterocycles. The van der Waals surface area contributed by atoms with Gasteiger partial charge >= 0.3 is 5.97 Å². The third kappa shape index (κ3) is 5.49. The molecule has 0 aliphatic rings. The molecule has 6 heteroatoms. The summed E-state index contributed by atoms with van der Waals surface area (Å²) >= 11 is 0. The van der Waals surface area contributed by atoms with Crippen LogP contribution in [0.5, 0.6) is 5.75 Å². The summed E-state index contributed by atoms with van der Waals surface area (Å²) in [7, 11) is 1.52. The molecule has 0 aliphatic heterocycles. The van der Waals surface area contributed by atoms with Gasteiger partial charge in [-0.2, -0.15) is 5.26 Å². The van der Waals surface area contributed by atoms with Crippen LogP contribution in [0, 0.1) is 18.3 Å². The highest BCUT2D eigenvalue weighted by atomic mass is 16.5. The molecule has 2 aromatic rings. The number of rotatable bonds is 6. The second-order valence-electron chi connectivity index (χ2n) is 5.44. The molecule has 0 saturated heterocycles. The first-order valence-corrected chi connectivity index (χ1v) is 7.81. The van der Waals surface area contributed by atoms with Crippen LogP contribution >= 0.6 is 0 Å². The molecule has 0 radical (unpaired) electrons. The van der Waals surface area contributed by atoms with E-state index in [1.54, 1.807) is 42.5 Å². The van der Waals surface area contributed by atoms with Gasteiger partial charge in [-0.25, -0.2) is 4.79 Å². The molecule has 0 aliphatic carbocycles. The molecule has 0 bridgehead atoms. The Morgan fingerprint density at radius 1 is 1.19 bits per heavy atom. The number of amides is 1. The van der Waals surface area contributed by atoms with Gasteiger partial charge in [0.1, 0.15) is 17.4 Å². The first-order chi connectivity index (χ1) is 12.5. The maximum atomic E-state index is 12.0. The molecular weight excluding hydrogens is 332 g/mol. The van der Waals surface area contributed by atoms with Gasteiger partial charge in [0.15, 0.2) is 6.61 Å². The summed E-state index contributed by atoms with van der Waals surface area (Å²) in [6, 6.07) is 15.9. The van der Waals surface area contributed by atoms with Crippen molar-refractivity contribution in [3.63, 3.8) is 0 Å². The lowest BCUT2D eigenvalue weighted by molar-refractivity contribution is -0.142. The van der Waals surface area contributed by atoms with E-state index in [1.807, 2.05) is 19.1 Å². The van der Waals surface area contributed by atoms with Crippen LogP contribution in [0.25, 0.3) is 6.08 Å². The fourth-order valence-electron chi connectivity index (χ4n) is 2.16. The lowest BCUT2D eigenvalue weighted by Crippen LogP contribution is -2.21. The predicted octanol–water partition coefficient (Wildman–Crippen LogP) is 3.09. The zero-order valence-corrected chi connectivity index (χ0v) is 14.5. The van der Waals surface area contributed by atoms with E-state index in [0.29, 0.717) is 17.0 Å². The number of benzene rings is 2. The second-order valence-corrected chi connectivity index (χ2v) is 5.44. The number of hydrogen-bond acceptors (Lipinski definition) is 5.